The molecular weight excluding hydrogens is 395 g/mol. The van der Waals surface area contributed by atoms with E-state index in [9.17, 15) is 22.8 Å². The molecule has 1 unspecified atom stereocenters. The monoisotopic (exact) mass is 413 g/mol. The molecule has 6 nitrogen and oxygen atoms in total. The zero-order chi connectivity index (χ0) is 20.3. The van der Waals surface area contributed by atoms with E-state index in [1.54, 1.807) is 23.6 Å². The lowest BCUT2D eigenvalue weighted by atomic mass is 10.2. The summed E-state index contributed by atoms with van der Waals surface area (Å²) < 4.78 is 56.6. The van der Waals surface area contributed by atoms with E-state index in [1.807, 2.05) is 12.1 Å². The van der Waals surface area contributed by atoms with E-state index in [1.165, 1.54) is 12.3 Å². The number of fused-ring (bicyclic) bond motifs is 1. The number of ether oxygens (including phenoxy) is 1. The molecule has 0 aliphatic rings. The molecule has 10 heteroatoms. The first kappa shape index (κ1) is 20.4. The highest BCUT2D eigenvalue weighted by Crippen LogP contribution is 2.27. The Morgan fingerprint density at radius 2 is 2.00 bits per heavy atom. The van der Waals surface area contributed by atoms with Crippen molar-refractivity contribution in [2.75, 3.05) is 13.2 Å². The van der Waals surface area contributed by atoms with E-state index >= 15 is 0 Å². The van der Waals surface area contributed by atoms with Crippen molar-refractivity contribution >= 4 is 22.2 Å². The highest BCUT2D eigenvalue weighted by molar-refractivity contribution is 7.90. The van der Waals surface area contributed by atoms with Crippen molar-refractivity contribution in [2.45, 2.75) is 30.6 Å². The molecule has 3 aromatic rings. The lowest BCUT2D eigenvalue weighted by molar-refractivity contribution is -0.153. The first-order valence-corrected chi connectivity index (χ1v) is 9.70. The number of halogens is 3. The normalized spacial score (nSPS) is 13.1. The van der Waals surface area contributed by atoms with Gasteiger partial charge in [-0.2, -0.15) is 18.2 Å². The molecule has 1 atom stereocenters. The molecule has 150 valence electrons. The van der Waals surface area contributed by atoms with Crippen LogP contribution in [0.15, 0.2) is 41.7 Å². The summed E-state index contributed by atoms with van der Waals surface area (Å²) in [4.78, 5) is 8.53. The highest BCUT2D eigenvalue weighted by atomic mass is 32.2. The minimum absolute atomic E-state index is 0.0379. The summed E-state index contributed by atoms with van der Waals surface area (Å²) in [6.45, 7) is 0.236. The molecule has 0 radical (unpaired) electrons. The number of rotatable bonds is 7. The second-order valence-corrected chi connectivity index (χ2v) is 7.38. The van der Waals surface area contributed by atoms with Crippen molar-refractivity contribution in [3.8, 4) is 5.75 Å². The number of hydrogen-bond donors (Lipinski definition) is 1. The van der Waals surface area contributed by atoms with E-state index in [0.717, 1.165) is 5.52 Å². The average Bonchev–Trinajstić information content (AvgIpc) is 3.01. The molecule has 0 aliphatic heterocycles. The van der Waals surface area contributed by atoms with Gasteiger partial charge in [0, 0.05) is 22.9 Å². The summed E-state index contributed by atoms with van der Waals surface area (Å²) in [7, 11) is 0. The van der Waals surface area contributed by atoms with Crippen LogP contribution in [0.2, 0.25) is 0 Å². The molecule has 0 fully saturated rings. The quantitative estimate of drug-likeness (QED) is 0.602. The van der Waals surface area contributed by atoms with Crippen LogP contribution in [-0.2, 0) is 23.5 Å². The van der Waals surface area contributed by atoms with Crippen molar-refractivity contribution in [1.29, 1.82) is 0 Å². The van der Waals surface area contributed by atoms with E-state index in [4.69, 9.17) is 4.74 Å². The molecule has 2 aromatic heterocycles. The van der Waals surface area contributed by atoms with Crippen molar-refractivity contribution in [3.05, 3.63) is 47.8 Å². The van der Waals surface area contributed by atoms with Gasteiger partial charge < -0.3 is 14.4 Å². The largest absolute Gasteiger partial charge is 0.609 e. The summed E-state index contributed by atoms with van der Waals surface area (Å²) in [5, 5.41) is 9.61. The third-order valence-corrected chi connectivity index (χ3v) is 5.32. The van der Waals surface area contributed by atoms with Gasteiger partial charge in [-0.1, -0.05) is 12.1 Å². The van der Waals surface area contributed by atoms with Crippen molar-refractivity contribution in [2.24, 2.45) is 0 Å². The van der Waals surface area contributed by atoms with Crippen LogP contribution in [-0.4, -0.2) is 43.6 Å². The number of imidazole rings is 1. The van der Waals surface area contributed by atoms with Crippen LogP contribution in [0.5, 0.6) is 5.75 Å². The summed E-state index contributed by atoms with van der Waals surface area (Å²) >= 11 is -1.62. The first-order chi connectivity index (χ1) is 13.3. The molecular formula is C18H18F3N3O3S. The van der Waals surface area contributed by atoms with Gasteiger partial charge in [0.1, 0.15) is 5.75 Å². The Balaban J connectivity index is 1.86. The van der Waals surface area contributed by atoms with Gasteiger partial charge in [0.25, 0.3) is 0 Å². The summed E-state index contributed by atoms with van der Waals surface area (Å²) in [5.74, 6) is 0.00672. The van der Waals surface area contributed by atoms with E-state index in [2.05, 4.69) is 9.97 Å². The number of nitrogens with zero attached hydrogens (tertiary/aromatic N) is 3. The molecule has 0 aliphatic carbocycles. The maximum Gasteiger partial charge on any atom is 0.422 e. The number of aromatic nitrogens is 3. The van der Waals surface area contributed by atoms with Gasteiger partial charge in [0.15, 0.2) is 12.4 Å². The van der Waals surface area contributed by atoms with E-state index in [-0.39, 0.29) is 29.8 Å². The fraction of sp³-hybridized carbons (Fsp3) is 0.333. The van der Waals surface area contributed by atoms with Crippen molar-refractivity contribution in [1.82, 2.24) is 14.5 Å². The average molecular weight is 413 g/mol. The zero-order valence-electron chi connectivity index (χ0n) is 14.9. The topological polar surface area (TPSA) is 83.2 Å². The van der Waals surface area contributed by atoms with Crippen LogP contribution in [0.25, 0.3) is 11.0 Å². The van der Waals surface area contributed by atoms with Crippen molar-refractivity contribution in [3.63, 3.8) is 0 Å². The minimum Gasteiger partial charge on any atom is -0.609 e. The SMILES string of the molecule is Cc1c(OCC(F)(F)F)ccnc1C[S+]([O-])c1nc2ccccc2n1CCO. The molecule has 2 heterocycles. The Morgan fingerprint density at radius 3 is 2.71 bits per heavy atom. The second kappa shape index (κ2) is 8.38. The molecule has 0 saturated heterocycles. The van der Waals surface area contributed by atoms with Gasteiger partial charge >= 0.3 is 11.3 Å². The van der Waals surface area contributed by atoms with Crippen LogP contribution in [0, 0.1) is 6.92 Å². The summed E-state index contributed by atoms with van der Waals surface area (Å²) in [6.07, 6.45) is -3.13. The van der Waals surface area contributed by atoms with Gasteiger partial charge in [-0.3, -0.25) is 9.55 Å². The van der Waals surface area contributed by atoms with Gasteiger partial charge in [-0.15, -0.1) is 0 Å². The molecule has 0 amide bonds. The Labute approximate surface area is 162 Å². The lowest BCUT2D eigenvalue weighted by Crippen LogP contribution is -2.20. The fourth-order valence-corrected chi connectivity index (χ4v) is 4.06. The molecule has 0 spiro atoms. The summed E-state index contributed by atoms with van der Waals surface area (Å²) in [6, 6.07) is 8.55. The minimum atomic E-state index is -4.45. The maximum atomic E-state index is 12.9. The lowest BCUT2D eigenvalue weighted by Gasteiger charge is -2.15. The number of aliphatic hydroxyl groups excluding tert-OH is 1. The maximum absolute atomic E-state index is 12.9. The number of aliphatic hydroxyl groups is 1. The number of alkyl halides is 3. The van der Waals surface area contributed by atoms with Crippen molar-refractivity contribution < 1.29 is 27.6 Å². The van der Waals surface area contributed by atoms with Gasteiger partial charge in [0.2, 0.25) is 0 Å². The smallest absolute Gasteiger partial charge is 0.422 e. The van der Waals surface area contributed by atoms with Crippen LogP contribution in [0.4, 0.5) is 13.2 Å². The van der Waals surface area contributed by atoms with Crippen LogP contribution >= 0.6 is 0 Å². The summed E-state index contributed by atoms with van der Waals surface area (Å²) in [5.41, 5.74) is 2.14. The second-order valence-electron chi connectivity index (χ2n) is 6.03. The standard InChI is InChI=1S/C18H18F3N3O3S/c1-12-14(22-7-6-16(12)27-11-18(19,20)21)10-28(26)17-23-13-4-2-3-5-15(13)24(17)8-9-25/h2-7,25H,8-11H2,1H3. The molecule has 1 N–H and O–H groups in total. The highest BCUT2D eigenvalue weighted by Gasteiger charge is 2.29. The Morgan fingerprint density at radius 1 is 1.25 bits per heavy atom. The first-order valence-electron chi connectivity index (χ1n) is 8.38. The van der Waals surface area contributed by atoms with E-state index < -0.39 is 24.0 Å². The Kier molecular flexibility index (Phi) is 6.11. The number of hydrogen-bond acceptors (Lipinski definition) is 5. The predicted octanol–water partition coefficient (Wildman–Crippen LogP) is 2.98. The Hall–Kier alpha value is -2.30. The number of para-hydroxylation sites is 2. The number of pyridine rings is 1. The molecule has 0 saturated carbocycles. The third kappa shape index (κ3) is 4.57. The Bertz CT molecular complexity index is 962. The van der Waals surface area contributed by atoms with Crippen LogP contribution in [0.1, 0.15) is 11.3 Å². The predicted molar refractivity (Wildman–Crippen MR) is 97.5 cm³/mol. The number of benzene rings is 1. The molecule has 0 bridgehead atoms. The molecule has 3 rings (SSSR count). The third-order valence-electron chi connectivity index (χ3n) is 4.06. The van der Waals surface area contributed by atoms with Crippen LogP contribution in [0.3, 0.4) is 0 Å². The van der Waals surface area contributed by atoms with Gasteiger partial charge in [0.05, 0.1) is 29.9 Å². The molecule has 1 aromatic carbocycles. The van der Waals surface area contributed by atoms with Gasteiger partial charge in [-0.25, -0.2) is 0 Å². The van der Waals surface area contributed by atoms with E-state index in [0.29, 0.717) is 16.8 Å². The molecule has 28 heavy (non-hydrogen) atoms. The fourth-order valence-electron chi connectivity index (χ4n) is 2.75. The van der Waals surface area contributed by atoms with Crippen LogP contribution < -0.4 is 4.74 Å². The zero-order valence-corrected chi connectivity index (χ0v) is 15.8. The van der Waals surface area contributed by atoms with Gasteiger partial charge in [-0.05, 0) is 25.1 Å².